The molecule has 0 saturated carbocycles. The van der Waals surface area contributed by atoms with Gasteiger partial charge in [-0.2, -0.15) is 0 Å². The van der Waals surface area contributed by atoms with Crippen LogP contribution >= 0.6 is 0 Å². The Balaban J connectivity index is 0.000000934. The average Bonchev–Trinajstić information content (AvgIpc) is 2.91. The van der Waals surface area contributed by atoms with Gasteiger partial charge in [-0.1, -0.05) is 42.5 Å². The number of carboxylic acid groups (broad SMARTS) is 1. The topological polar surface area (TPSA) is 138 Å². The second-order valence-corrected chi connectivity index (χ2v) is 8.87. The molecule has 3 aromatic carbocycles. The first-order valence-electron chi connectivity index (χ1n) is 12.4. The largest absolute Gasteiger partial charge is 0.508 e. The molecule has 9 heteroatoms. The number of ether oxygens (including phenoxy) is 3. The summed E-state index contributed by atoms with van der Waals surface area (Å²) in [7, 11) is 0. The van der Waals surface area contributed by atoms with Crippen LogP contribution in [-0.2, 0) is 29.2 Å². The Morgan fingerprint density at radius 3 is 2.58 bits per heavy atom. The summed E-state index contributed by atoms with van der Waals surface area (Å²) < 4.78 is 17.7. The van der Waals surface area contributed by atoms with E-state index in [9.17, 15) is 15.3 Å². The van der Waals surface area contributed by atoms with Gasteiger partial charge in [0.1, 0.15) is 12.4 Å². The minimum Gasteiger partial charge on any atom is -0.508 e. The van der Waals surface area contributed by atoms with E-state index in [1.165, 1.54) is 6.07 Å². The number of phenols is 1. The molecule has 2 atom stereocenters. The van der Waals surface area contributed by atoms with Crippen molar-refractivity contribution in [2.24, 2.45) is 0 Å². The molecule has 204 valence electrons. The number of rotatable bonds is 11. The number of aromatic hydroxyl groups is 1. The van der Waals surface area contributed by atoms with Crippen molar-refractivity contribution in [1.82, 2.24) is 5.32 Å². The van der Waals surface area contributed by atoms with Crippen LogP contribution in [0.25, 0.3) is 0 Å². The molecule has 4 rings (SSSR count). The zero-order chi connectivity index (χ0) is 27.3. The van der Waals surface area contributed by atoms with E-state index in [1.807, 2.05) is 48.5 Å². The lowest BCUT2D eigenvalue weighted by Gasteiger charge is -2.27. The van der Waals surface area contributed by atoms with Crippen molar-refractivity contribution >= 4 is 5.97 Å². The molecule has 0 aliphatic carbocycles. The van der Waals surface area contributed by atoms with Crippen molar-refractivity contribution in [3.63, 3.8) is 0 Å². The second-order valence-electron chi connectivity index (χ2n) is 8.87. The molecule has 1 aliphatic rings. The summed E-state index contributed by atoms with van der Waals surface area (Å²) in [5.74, 6) is 0.645. The maximum Gasteiger partial charge on any atom is 0.300 e. The van der Waals surface area contributed by atoms with E-state index in [4.69, 9.17) is 24.1 Å². The summed E-state index contributed by atoms with van der Waals surface area (Å²) in [6, 6.07) is 20.7. The lowest BCUT2D eigenvalue weighted by molar-refractivity contribution is -0.134. The first-order valence-corrected chi connectivity index (χ1v) is 12.4. The van der Waals surface area contributed by atoms with Crippen molar-refractivity contribution < 1.29 is 39.4 Å². The van der Waals surface area contributed by atoms with Crippen LogP contribution in [0.1, 0.15) is 35.3 Å². The monoisotopic (exact) mass is 525 g/mol. The quantitative estimate of drug-likeness (QED) is 0.239. The summed E-state index contributed by atoms with van der Waals surface area (Å²) in [5, 5.41) is 40.0. The van der Waals surface area contributed by atoms with Crippen LogP contribution in [0.4, 0.5) is 0 Å². The van der Waals surface area contributed by atoms with E-state index >= 15 is 0 Å². The summed E-state index contributed by atoms with van der Waals surface area (Å²) in [6.07, 6.45) is -0.132. The number of hydrogen-bond acceptors (Lipinski definition) is 8. The SMILES string of the molecule is CC(=O)O.OCc1cc([C@@H](O)CNCCc2ccc3c(c2)O[C@H](COCc2ccccc2)CO3)ccc1O. The molecule has 0 unspecified atom stereocenters. The fraction of sp³-hybridized carbons (Fsp3) is 0.345. The normalized spacial score (nSPS) is 14.8. The van der Waals surface area contributed by atoms with Gasteiger partial charge in [-0.3, -0.25) is 4.79 Å². The maximum absolute atomic E-state index is 10.4. The van der Waals surface area contributed by atoms with Gasteiger partial charge in [0, 0.05) is 19.0 Å². The summed E-state index contributed by atoms with van der Waals surface area (Å²) in [5.41, 5.74) is 3.27. The van der Waals surface area contributed by atoms with Crippen molar-refractivity contribution in [2.45, 2.75) is 38.8 Å². The Kier molecular flexibility index (Phi) is 11.4. The Morgan fingerprint density at radius 1 is 1.08 bits per heavy atom. The molecule has 0 saturated heterocycles. The van der Waals surface area contributed by atoms with Crippen molar-refractivity contribution in [2.75, 3.05) is 26.3 Å². The molecule has 0 fully saturated rings. The van der Waals surface area contributed by atoms with Gasteiger partial charge in [-0.15, -0.1) is 0 Å². The van der Waals surface area contributed by atoms with Gasteiger partial charge in [-0.05, 0) is 53.9 Å². The van der Waals surface area contributed by atoms with Gasteiger partial charge >= 0.3 is 0 Å². The number of benzene rings is 3. The van der Waals surface area contributed by atoms with Gasteiger partial charge in [0.05, 0.1) is 25.9 Å². The molecule has 1 aliphatic heterocycles. The first-order chi connectivity index (χ1) is 18.4. The highest BCUT2D eigenvalue weighted by Gasteiger charge is 2.21. The molecular formula is C29H35NO8. The number of hydrogen-bond donors (Lipinski definition) is 5. The van der Waals surface area contributed by atoms with Gasteiger partial charge < -0.3 is 40.0 Å². The van der Waals surface area contributed by atoms with Crippen molar-refractivity contribution in [1.29, 1.82) is 0 Å². The second kappa shape index (κ2) is 14.9. The molecule has 0 amide bonds. The summed E-state index contributed by atoms with van der Waals surface area (Å²) >= 11 is 0. The lowest BCUT2D eigenvalue weighted by atomic mass is 10.1. The fourth-order valence-corrected chi connectivity index (χ4v) is 3.81. The number of aliphatic carboxylic acids is 1. The molecule has 38 heavy (non-hydrogen) atoms. The molecule has 0 radical (unpaired) electrons. The van der Waals surface area contributed by atoms with Crippen molar-refractivity contribution in [3.8, 4) is 17.2 Å². The Labute approximate surface area is 222 Å². The first kappa shape index (κ1) is 28.9. The van der Waals surface area contributed by atoms with Crippen LogP contribution in [0.2, 0.25) is 0 Å². The predicted octanol–water partition coefficient (Wildman–Crippen LogP) is 3.20. The summed E-state index contributed by atoms with van der Waals surface area (Å²) in [4.78, 5) is 9.00. The Bertz CT molecular complexity index is 1150. The Morgan fingerprint density at radius 2 is 1.84 bits per heavy atom. The highest BCUT2D eigenvalue weighted by atomic mass is 16.6. The number of aliphatic hydroxyl groups is 2. The molecule has 0 aromatic heterocycles. The van der Waals surface area contributed by atoms with Crippen LogP contribution < -0.4 is 14.8 Å². The molecule has 0 bridgehead atoms. The van der Waals surface area contributed by atoms with Crippen molar-refractivity contribution in [3.05, 3.63) is 89.0 Å². The van der Waals surface area contributed by atoms with Gasteiger partial charge in [0.15, 0.2) is 17.6 Å². The highest BCUT2D eigenvalue weighted by Crippen LogP contribution is 2.33. The minimum atomic E-state index is -0.833. The third kappa shape index (κ3) is 9.35. The number of fused-ring (bicyclic) bond motifs is 1. The molecule has 0 spiro atoms. The standard InChI is InChI=1S/C27H31NO6.C2H4O2/c29-15-22-13-21(7-8-24(22)30)25(31)14-28-11-10-19-6-9-26-27(12-19)34-23(18-33-26)17-32-16-20-4-2-1-3-5-20;1-2(3)4/h1-9,12-13,23,25,28-31H,10-11,14-18H2;1H3,(H,3,4)/t23-,25+;/m1./s1. The number of carbonyl (C=O) groups is 1. The van der Waals surface area contributed by atoms with Crippen LogP contribution in [0.15, 0.2) is 66.7 Å². The van der Waals surface area contributed by atoms with Crippen LogP contribution in [-0.4, -0.2) is 58.8 Å². The van der Waals surface area contributed by atoms with Crippen LogP contribution in [0, 0.1) is 0 Å². The van der Waals surface area contributed by atoms with E-state index in [1.54, 1.807) is 12.1 Å². The zero-order valence-electron chi connectivity index (χ0n) is 21.4. The smallest absolute Gasteiger partial charge is 0.300 e. The minimum absolute atomic E-state index is 0.0232. The van der Waals surface area contributed by atoms with Gasteiger partial charge in [0.25, 0.3) is 5.97 Å². The molecule has 1 heterocycles. The number of carboxylic acids is 1. The molecule has 3 aromatic rings. The summed E-state index contributed by atoms with van der Waals surface area (Å²) in [6.45, 7) is 3.29. The average molecular weight is 526 g/mol. The molecule has 9 nitrogen and oxygen atoms in total. The van der Waals surface area contributed by atoms with E-state index in [0.717, 1.165) is 36.0 Å². The third-order valence-electron chi connectivity index (χ3n) is 5.73. The van der Waals surface area contributed by atoms with E-state index in [-0.39, 0.29) is 18.5 Å². The molecular weight excluding hydrogens is 490 g/mol. The third-order valence-corrected chi connectivity index (χ3v) is 5.73. The zero-order valence-corrected chi connectivity index (χ0v) is 21.4. The predicted molar refractivity (Wildman–Crippen MR) is 141 cm³/mol. The van der Waals surface area contributed by atoms with E-state index in [2.05, 4.69) is 5.32 Å². The van der Waals surface area contributed by atoms with E-state index in [0.29, 0.717) is 44.0 Å². The number of aliphatic hydroxyl groups excluding tert-OH is 2. The van der Waals surface area contributed by atoms with Crippen LogP contribution in [0.3, 0.4) is 0 Å². The highest BCUT2D eigenvalue weighted by molar-refractivity contribution is 5.63. The Hall–Kier alpha value is -3.63. The van der Waals surface area contributed by atoms with E-state index < -0.39 is 12.1 Å². The fourth-order valence-electron chi connectivity index (χ4n) is 3.81. The number of nitrogens with one attached hydrogen (secondary N) is 1. The maximum atomic E-state index is 10.4. The van der Waals surface area contributed by atoms with Crippen LogP contribution in [0.5, 0.6) is 17.2 Å². The lowest BCUT2D eigenvalue weighted by Crippen LogP contribution is -2.33. The van der Waals surface area contributed by atoms with Gasteiger partial charge in [0.2, 0.25) is 0 Å². The molecule has 5 N–H and O–H groups in total. The van der Waals surface area contributed by atoms with Gasteiger partial charge in [-0.25, -0.2) is 0 Å².